The van der Waals surface area contributed by atoms with Gasteiger partial charge < -0.3 is 5.32 Å². The summed E-state index contributed by atoms with van der Waals surface area (Å²) in [4.78, 5) is 1.27. The molecule has 90 valence electrons. The summed E-state index contributed by atoms with van der Waals surface area (Å²) in [6.45, 7) is 3.50. The monoisotopic (exact) mass is 313 g/mol. The first kappa shape index (κ1) is 12.7. The fourth-order valence-electron chi connectivity index (χ4n) is 1.60. The van der Waals surface area contributed by atoms with Crippen molar-refractivity contribution in [2.45, 2.75) is 20.0 Å². The van der Waals surface area contributed by atoms with Gasteiger partial charge in [0.05, 0.1) is 0 Å². The van der Waals surface area contributed by atoms with Crippen LogP contribution in [0.2, 0.25) is 0 Å². The van der Waals surface area contributed by atoms with Gasteiger partial charge in [0.1, 0.15) is 5.82 Å². The summed E-state index contributed by atoms with van der Waals surface area (Å²) < 4.78 is 14.2. The fraction of sp³-hybridized carbons (Fsp3) is 0.231. The average molecular weight is 314 g/mol. The smallest absolute Gasteiger partial charge is 0.123 e. The predicted molar refractivity (Wildman–Crippen MR) is 73.7 cm³/mol. The molecule has 2 rings (SSSR count). The molecule has 0 saturated heterocycles. The highest BCUT2D eigenvalue weighted by molar-refractivity contribution is 9.10. The summed E-state index contributed by atoms with van der Waals surface area (Å²) in [5, 5.41) is 5.38. The number of benzene rings is 1. The predicted octanol–water partition coefficient (Wildman–Crippen LogP) is 4.25. The number of rotatable bonds is 4. The van der Waals surface area contributed by atoms with Gasteiger partial charge in [0.15, 0.2) is 0 Å². The Morgan fingerprint density at radius 2 is 2.12 bits per heavy atom. The maximum Gasteiger partial charge on any atom is 0.123 e. The van der Waals surface area contributed by atoms with Crippen LogP contribution in [0.15, 0.2) is 34.1 Å². The van der Waals surface area contributed by atoms with Gasteiger partial charge in [-0.2, -0.15) is 0 Å². The third kappa shape index (κ3) is 3.63. The molecule has 1 nitrogen and oxygen atoms in total. The Morgan fingerprint density at radius 3 is 2.82 bits per heavy atom. The minimum absolute atomic E-state index is 0.175. The van der Waals surface area contributed by atoms with Crippen LogP contribution in [-0.2, 0) is 13.1 Å². The second-order valence-electron chi connectivity index (χ2n) is 3.91. The van der Waals surface area contributed by atoms with Gasteiger partial charge >= 0.3 is 0 Å². The SMILES string of the molecule is Cc1ccc(F)cc1CNCc1cc(Br)cs1. The first-order chi connectivity index (χ1) is 8.15. The van der Waals surface area contributed by atoms with Crippen molar-refractivity contribution >= 4 is 27.3 Å². The van der Waals surface area contributed by atoms with E-state index in [1.54, 1.807) is 17.4 Å². The molecule has 1 heterocycles. The van der Waals surface area contributed by atoms with Crippen LogP contribution in [0.4, 0.5) is 4.39 Å². The number of hydrogen-bond donors (Lipinski definition) is 1. The largest absolute Gasteiger partial charge is 0.308 e. The van der Waals surface area contributed by atoms with Crippen LogP contribution in [0.1, 0.15) is 16.0 Å². The van der Waals surface area contributed by atoms with Crippen LogP contribution in [-0.4, -0.2) is 0 Å². The lowest BCUT2D eigenvalue weighted by Crippen LogP contribution is -2.12. The van der Waals surface area contributed by atoms with Gasteiger partial charge in [-0.1, -0.05) is 6.07 Å². The van der Waals surface area contributed by atoms with Gasteiger partial charge in [-0.25, -0.2) is 4.39 Å². The molecule has 0 aliphatic rings. The molecule has 4 heteroatoms. The fourth-order valence-corrected chi connectivity index (χ4v) is 3.02. The molecule has 0 unspecified atom stereocenters. The van der Waals surface area contributed by atoms with Gasteiger partial charge in [0.2, 0.25) is 0 Å². The van der Waals surface area contributed by atoms with Gasteiger partial charge in [-0.3, -0.25) is 0 Å². The van der Waals surface area contributed by atoms with Crippen molar-refractivity contribution in [1.29, 1.82) is 0 Å². The molecule has 0 spiro atoms. The van der Waals surface area contributed by atoms with Gasteiger partial charge in [-0.05, 0) is 52.2 Å². The lowest BCUT2D eigenvalue weighted by atomic mass is 10.1. The summed E-state index contributed by atoms with van der Waals surface area (Å²) in [5.41, 5.74) is 2.13. The number of hydrogen-bond acceptors (Lipinski definition) is 2. The maximum atomic E-state index is 13.1. The van der Waals surface area contributed by atoms with E-state index in [1.165, 1.54) is 10.9 Å². The highest BCUT2D eigenvalue weighted by Crippen LogP contribution is 2.19. The van der Waals surface area contributed by atoms with E-state index >= 15 is 0 Å². The third-order valence-electron chi connectivity index (χ3n) is 2.55. The van der Waals surface area contributed by atoms with E-state index in [1.807, 2.05) is 13.0 Å². The van der Waals surface area contributed by atoms with Crippen molar-refractivity contribution in [3.05, 3.63) is 55.9 Å². The summed E-state index contributed by atoms with van der Waals surface area (Å²) in [7, 11) is 0. The van der Waals surface area contributed by atoms with Crippen molar-refractivity contribution in [1.82, 2.24) is 5.32 Å². The summed E-state index contributed by atoms with van der Waals surface area (Å²) in [6, 6.07) is 6.99. The lowest BCUT2D eigenvalue weighted by Gasteiger charge is -2.07. The molecular weight excluding hydrogens is 301 g/mol. The second-order valence-corrected chi connectivity index (χ2v) is 5.82. The summed E-state index contributed by atoms with van der Waals surface area (Å²) in [5.74, 6) is -0.175. The van der Waals surface area contributed by atoms with Crippen LogP contribution >= 0.6 is 27.3 Å². The molecule has 0 bridgehead atoms. The molecule has 1 aromatic carbocycles. The molecule has 0 aliphatic carbocycles. The summed E-state index contributed by atoms with van der Waals surface area (Å²) in [6.07, 6.45) is 0. The van der Waals surface area contributed by atoms with E-state index in [9.17, 15) is 4.39 Å². The molecule has 1 N–H and O–H groups in total. The molecule has 2 aromatic rings. The van der Waals surface area contributed by atoms with Gasteiger partial charge in [0.25, 0.3) is 0 Å². The summed E-state index contributed by atoms with van der Waals surface area (Å²) >= 11 is 5.13. The molecule has 17 heavy (non-hydrogen) atoms. The minimum atomic E-state index is -0.175. The Morgan fingerprint density at radius 1 is 1.29 bits per heavy atom. The molecular formula is C13H13BrFNS. The minimum Gasteiger partial charge on any atom is -0.308 e. The zero-order valence-corrected chi connectivity index (χ0v) is 11.9. The van der Waals surface area contributed by atoms with Crippen molar-refractivity contribution < 1.29 is 4.39 Å². The quantitative estimate of drug-likeness (QED) is 0.890. The van der Waals surface area contributed by atoms with E-state index in [-0.39, 0.29) is 5.82 Å². The Balaban J connectivity index is 1.91. The molecule has 0 atom stereocenters. The van der Waals surface area contributed by atoms with Crippen molar-refractivity contribution in [2.75, 3.05) is 0 Å². The van der Waals surface area contributed by atoms with Crippen molar-refractivity contribution in [3.63, 3.8) is 0 Å². The lowest BCUT2D eigenvalue weighted by molar-refractivity contribution is 0.619. The van der Waals surface area contributed by atoms with E-state index in [0.29, 0.717) is 6.54 Å². The average Bonchev–Trinajstić information content (AvgIpc) is 2.69. The van der Waals surface area contributed by atoms with Crippen LogP contribution < -0.4 is 5.32 Å². The number of nitrogens with one attached hydrogen (secondary N) is 1. The first-order valence-electron chi connectivity index (χ1n) is 5.34. The zero-order chi connectivity index (χ0) is 12.3. The molecule has 0 fully saturated rings. The third-order valence-corrected chi connectivity index (χ3v) is 4.25. The van der Waals surface area contributed by atoms with Gasteiger partial charge in [-0.15, -0.1) is 11.3 Å². The number of halogens is 2. The number of aryl methyl sites for hydroxylation is 1. The molecule has 0 saturated carbocycles. The van der Waals surface area contributed by atoms with E-state index in [0.717, 1.165) is 22.1 Å². The Hall–Kier alpha value is -0.710. The molecule has 0 amide bonds. The van der Waals surface area contributed by atoms with E-state index in [4.69, 9.17) is 0 Å². The first-order valence-corrected chi connectivity index (χ1v) is 7.01. The maximum absolute atomic E-state index is 13.1. The van der Waals surface area contributed by atoms with Crippen LogP contribution in [0.5, 0.6) is 0 Å². The molecule has 0 aliphatic heterocycles. The highest BCUT2D eigenvalue weighted by atomic mass is 79.9. The van der Waals surface area contributed by atoms with E-state index in [2.05, 4.69) is 32.7 Å². The Bertz CT molecular complexity index is 510. The van der Waals surface area contributed by atoms with Crippen LogP contribution in [0.3, 0.4) is 0 Å². The molecule has 1 aromatic heterocycles. The molecule has 0 radical (unpaired) electrons. The van der Waals surface area contributed by atoms with Crippen LogP contribution in [0, 0.1) is 12.7 Å². The zero-order valence-electron chi connectivity index (χ0n) is 9.47. The Kier molecular flexibility index (Phi) is 4.31. The van der Waals surface area contributed by atoms with E-state index < -0.39 is 0 Å². The Labute approximate surface area is 113 Å². The standard InChI is InChI=1S/C13H13BrFNS/c1-9-2-3-12(15)4-10(9)6-16-7-13-5-11(14)8-17-13/h2-5,8,16H,6-7H2,1H3. The van der Waals surface area contributed by atoms with Crippen molar-refractivity contribution in [2.24, 2.45) is 0 Å². The topological polar surface area (TPSA) is 12.0 Å². The van der Waals surface area contributed by atoms with Crippen molar-refractivity contribution in [3.8, 4) is 0 Å². The highest BCUT2D eigenvalue weighted by Gasteiger charge is 2.01. The second kappa shape index (κ2) is 5.76. The van der Waals surface area contributed by atoms with Crippen LogP contribution in [0.25, 0.3) is 0 Å². The number of thiophene rings is 1. The normalized spacial score (nSPS) is 10.8. The van der Waals surface area contributed by atoms with Gasteiger partial charge in [0, 0.05) is 27.8 Å².